The summed E-state index contributed by atoms with van der Waals surface area (Å²) in [5.74, 6) is 0.589. The van der Waals surface area contributed by atoms with Crippen LogP contribution in [0.2, 0.25) is 0 Å². The van der Waals surface area contributed by atoms with E-state index in [4.69, 9.17) is 4.74 Å². The van der Waals surface area contributed by atoms with E-state index in [1.165, 1.54) is 12.8 Å². The van der Waals surface area contributed by atoms with Crippen molar-refractivity contribution in [2.75, 3.05) is 18.5 Å². The van der Waals surface area contributed by atoms with E-state index >= 15 is 0 Å². The zero-order valence-corrected chi connectivity index (χ0v) is 14.9. The van der Waals surface area contributed by atoms with E-state index in [1.54, 1.807) is 18.2 Å². The molecule has 1 aromatic rings. The maximum Gasteiger partial charge on any atom is 0.319 e. The molecule has 3 N–H and O–H groups in total. The Labute approximate surface area is 148 Å². The summed E-state index contributed by atoms with van der Waals surface area (Å²) >= 11 is 0. The summed E-state index contributed by atoms with van der Waals surface area (Å²) in [5.41, 5.74) is 2.18. The predicted octanol–water partition coefficient (Wildman–Crippen LogP) is 2.82. The van der Waals surface area contributed by atoms with Gasteiger partial charge in [0.05, 0.1) is 6.10 Å². The highest BCUT2D eigenvalue weighted by molar-refractivity contribution is 5.96. The first-order chi connectivity index (χ1) is 12.1. The van der Waals surface area contributed by atoms with Crippen molar-refractivity contribution in [3.63, 3.8) is 0 Å². The number of amides is 3. The standard InChI is InChI=1S/C19H27N3O3/c1-3-20-18(23)14-6-7-16(12(2)10-14)22-19(24)21-15-8-9-25-17(11-15)13-4-5-13/h6-7,10,13,15,17H,3-5,8-9,11H2,1-2H3,(H,20,23)(H2,21,22,24)/t15-,17+/m1/s1. The number of hydrogen-bond donors (Lipinski definition) is 3. The van der Waals surface area contributed by atoms with Crippen molar-refractivity contribution in [2.24, 2.45) is 5.92 Å². The average molecular weight is 345 g/mol. The number of urea groups is 1. The number of nitrogens with one attached hydrogen (secondary N) is 3. The fourth-order valence-corrected chi connectivity index (χ4v) is 3.31. The minimum atomic E-state index is -0.199. The van der Waals surface area contributed by atoms with Crippen LogP contribution in [-0.4, -0.2) is 37.2 Å². The molecule has 2 atom stereocenters. The van der Waals surface area contributed by atoms with Crippen LogP contribution in [0.1, 0.15) is 48.5 Å². The van der Waals surface area contributed by atoms with Crippen LogP contribution in [0.5, 0.6) is 0 Å². The highest BCUT2D eigenvalue weighted by Gasteiger charge is 2.36. The molecule has 1 heterocycles. The molecule has 3 rings (SSSR count). The van der Waals surface area contributed by atoms with E-state index in [1.807, 2.05) is 13.8 Å². The third-order valence-corrected chi connectivity index (χ3v) is 4.87. The van der Waals surface area contributed by atoms with E-state index < -0.39 is 0 Å². The number of carbonyl (C=O) groups is 2. The summed E-state index contributed by atoms with van der Waals surface area (Å²) in [6.07, 6.45) is 4.55. The minimum Gasteiger partial charge on any atom is -0.378 e. The second-order valence-electron chi connectivity index (χ2n) is 6.96. The van der Waals surface area contributed by atoms with E-state index in [0.29, 0.717) is 30.7 Å². The van der Waals surface area contributed by atoms with Crippen molar-refractivity contribution in [3.8, 4) is 0 Å². The monoisotopic (exact) mass is 345 g/mol. The summed E-state index contributed by atoms with van der Waals surface area (Å²) in [7, 11) is 0. The zero-order chi connectivity index (χ0) is 17.8. The summed E-state index contributed by atoms with van der Waals surface area (Å²) in [5, 5.41) is 8.72. The largest absolute Gasteiger partial charge is 0.378 e. The van der Waals surface area contributed by atoms with Gasteiger partial charge in [-0.25, -0.2) is 4.79 Å². The molecule has 0 radical (unpaired) electrons. The van der Waals surface area contributed by atoms with Gasteiger partial charge in [0.15, 0.2) is 0 Å². The fourth-order valence-electron chi connectivity index (χ4n) is 3.31. The number of anilines is 1. The molecule has 2 aliphatic rings. The van der Waals surface area contributed by atoms with Crippen molar-refractivity contribution in [1.29, 1.82) is 0 Å². The molecule has 0 spiro atoms. The minimum absolute atomic E-state index is 0.102. The van der Waals surface area contributed by atoms with Gasteiger partial charge in [-0.3, -0.25) is 4.79 Å². The Kier molecular flexibility index (Phi) is 5.58. The maximum absolute atomic E-state index is 12.3. The number of ether oxygens (including phenoxy) is 1. The van der Waals surface area contributed by atoms with Crippen LogP contribution in [0.15, 0.2) is 18.2 Å². The van der Waals surface area contributed by atoms with Gasteiger partial charge in [-0.1, -0.05) is 0 Å². The highest BCUT2D eigenvalue weighted by Crippen LogP contribution is 2.38. The number of carbonyl (C=O) groups excluding carboxylic acids is 2. The number of benzene rings is 1. The van der Waals surface area contributed by atoms with E-state index in [9.17, 15) is 9.59 Å². The molecule has 1 aromatic carbocycles. The zero-order valence-electron chi connectivity index (χ0n) is 14.9. The lowest BCUT2D eigenvalue weighted by Crippen LogP contribution is -2.44. The normalized spacial score (nSPS) is 23.0. The number of rotatable bonds is 5. The molecule has 2 fully saturated rings. The van der Waals surface area contributed by atoms with Crippen molar-refractivity contribution in [3.05, 3.63) is 29.3 Å². The van der Waals surface area contributed by atoms with Gasteiger partial charge in [-0.2, -0.15) is 0 Å². The van der Waals surface area contributed by atoms with Crippen molar-refractivity contribution < 1.29 is 14.3 Å². The maximum atomic E-state index is 12.3. The third-order valence-electron chi connectivity index (χ3n) is 4.87. The SMILES string of the molecule is CCNC(=O)c1ccc(NC(=O)N[C@@H]2CCO[C@H](C3CC3)C2)c(C)c1. The molecule has 6 heteroatoms. The van der Waals surface area contributed by atoms with Crippen LogP contribution in [0.25, 0.3) is 0 Å². The molecule has 1 aliphatic heterocycles. The Balaban J connectivity index is 1.54. The first-order valence-electron chi connectivity index (χ1n) is 9.14. The Hall–Kier alpha value is -2.08. The fraction of sp³-hybridized carbons (Fsp3) is 0.579. The smallest absolute Gasteiger partial charge is 0.319 e. The van der Waals surface area contributed by atoms with Crippen LogP contribution >= 0.6 is 0 Å². The lowest BCUT2D eigenvalue weighted by molar-refractivity contribution is -0.00889. The van der Waals surface area contributed by atoms with Gasteiger partial charge in [0.1, 0.15) is 0 Å². The molecule has 3 amide bonds. The van der Waals surface area contributed by atoms with Crippen LogP contribution in [-0.2, 0) is 4.74 Å². The molecule has 6 nitrogen and oxygen atoms in total. The summed E-state index contributed by atoms with van der Waals surface area (Å²) in [6, 6.07) is 5.25. The predicted molar refractivity (Wildman–Crippen MR) is 96.8 cm³/mol. The topological polar surface area (TPSA) is 79.5 Å². The number of aryl methyl sites for hydroxylation is 1. The molecule has 0 bridgehead atoms. The van der Waals surface area contributed by atoms with Gasteiger partial charge >= 0.3 is 6.03 Å². The van der Waals surface area contributed by atoms with Crippen LogP contribution in [0, 0.1) is 12.8 Å². The Morgan fingerprint density at radius 2 is 2.04 bits per heavy atom. The van der Waals surface area contributed by atoms with E-state index in [2.05, 4.69) is 16.0 Å². The van der Waals surface area contributed by atoms with Crippen LogP contribution in [0.4, 0.5) is 10.5 Å². The van der Waals surface area contributed by atoms with Crippen LogP contribution < -0.4 is 16.0 Å². The highest BCUT2D eigenvalue weighted by atomic mass is 16.5. The first-order valence-corrected chi connectivity index (χ1v) is 9.14. The van der Waals surface area contributed by atoms with Crippen molar-refractivity contribution in [2.45, 2.75) is 51.7 Å². The van der Waals surface area contributed by atoms with Crippen molar-refractivity contribution in [1.82, 2.24) is 10.6 Å². The molecule has 1 saturated heterocycles. The molecule has 0 aromatic heterocycles. The first kappa shape index (κ1) is 17.7. The van der Waals surface area contributed by atoms with Gasteiger partial charge in [0.25, 0.3) is 5.91 Å². The Morgan fingerprint density at radius 1 is 1.24 bits per heavy atom. The molecule has 136 valence electrons. The molecule has 1 aliphatic carbocycles. The third kappa shape index (κ3) is 4.72. The summed E-state index contributed by atoms with van der Waals surface area (Å²) < 4.78 is 5.80. The van der Waals surface area contributed by atoms with Gasteiger partial charge in [-0.05, 0) is 69.2 Å². The lowest BCUT2D eigenvalue weighted by Gasteiger charge is -2.30. The molecule has 25 heavy (non-hydrogen) atoms. The van der Waals surface area contributed by atoms with E-state index in [0.717, 1.165) is 24.1 Å². The second-order valence-corrected chi connectivity index (χ2v) is 6.96. The average Bonchev–Trinajstić information content (AvgIpc) is 3.42. The molecular formula is C19H27N3O3. The lowest BCUT2D eigenvalue weighted by atomic mass is 10.0. The van der Waals surface area contributed by atoms with Crippen molar-refractivity contribution >= 4 is 17.6 Å². The second kappa shape index (κ2) is 7.87. The Bertz CT molecular complexity index is 643. The van der Waals surface area contributed by atoms with Crippen LogP contribution in [0.3, 0.4) is 0 Å². The summed E-state index contributed by atoms with van der Waals surface area (Å²) in [6.45, 7) is 5.07. The van der Waals surface area contributed by atoms with Gasteiger partial charge in [0, 0.05) is 30.4 Å². The number of hydrogen-bond acceptors (Lipinski definition) is 3. The quantitative estimate of drug-likeness (QED) is 0.768. The van der Waals surface area contributed by atoms with E-state index in [-0.39, 0.29) is 18.0 Å². The van der Waals surface area contributed by atoms with Gasteiger partial charge in [0.2, 0.25) is 0 Å². The summed E-state index contributed by atoms with van der Waals surface area (Å²) in [4.78, 5) is 24.2. The molecule has 1 saturated carbocycles. The van der Waals surface area contributed by atoms with Gasteiger partial charge < -0.3 is 20.7 Å². The van der Waals surface area contributed by atoms with Gasteiger partial charge in [-0.15, -0.1) is 0 Å². The molecular weight excluding hydrogens is 318 g/mol. The Morgan fingerprint density at radius 3 is 2.72 bits per heavy atom. The molecule has 0 unspecified atom stereocenters.